The first kappa shape index (κ1) is 23.6. The highest BCUT2D eigenvalue weighted by Gasteiger charge is 2.34. The summed E-state index contributed by atoms with van der Waals surface area (Å²) < 4.78 is 1.08. The van der Waals surface area contributed by atoms with Crippen molar-refractivity contribution in [3.05, 3.63) is 71.8 Å². The van der Waals surface area contributed by atoms with Crippen molar-refractivity contribution in [2.75, 3.05) is 19.3 Å². The summed E-state index contributed by atoms with van der Waals surface area (Å²) in [6.07, 6.45) is 5.32. The molecular weight excluding hydrogens is 392 g/mol. The lowest BCUT2D eigenvalue weighted by Crippen LogP contribution is -2.27. The maximum Gasteiger partial charge on any atom is 0.108 e. The standard InChI is InChI=1S/C25H32N2S2/c1-3-10-21(15-17-27-2)19-24(28)29-18-16-25(20-26,22-11-6-4-7-12-22)23-13-8-5-9-14-23/h4-9,11-14,21,27H,3,10,15-19H2,1-2H3. The van der Waals surface area contributed by atoms with Gasteiger partial charge in [0.05, 0.1) is 6.07 Å². The first-order chi connectivity index (χ1) is 14.2. The third kappa shape index (κ3) is 6.96. The molecule has 1 atom stereocenters. The predicted molar refractivity (Wildman–Crippen MR) is 131 cm³/mol. The van der Waals surface area contributed by atoms with Gasteiger partial charge in [0.2, 0.25) is 0 Å². The molecule has 0 saturated carbocycles. The summed E-state index contributed by atoms with van der Waals surface area (Å²) in [5.74, 6) is 1.50. The quantitative estimate of drug-likeness (QED) is 0.402. The second-order valence-electron chi connectivity index (χ2n) is 7.47. The predicted octanol–water partition coefficient (Wildman–Crippen LogP) is 6.36. The third-order valence-corrected chi connectivity index (χ3v) is 6.84. The Labute approximate surface area is 186 Å². The van der Waals surface area contributed by atoms with E-state index in [1.807, 2.05) is 43.4 Å². The number of nitriles is 1. The summed E-state index contributed by atoms with van der Waals surface area (Å²) in [6.45, 7) is 3.28. The number of nitrogens with one attached hydrogen (secondary N) is 1. The molecule has 0 spiro atoms. The highest BCUT2D eigenvalue weighted by Crippen LogP contribution is 2.36. The minimum absolute atomic E-state index is 0.639. The van der Waals surface area contributed by atoms with Crippen LogP contribution in [0.2, 0.25) is 0 Å². The molecule has 0 heterocycles. The Morgan fingerprint density at radius 2 is 1.66 bits per heavy atom. The SMILES string of the molecule is CCCC(CCNC)CC(=S)SCCC(C#N)(c1ccccc1)c1ccccc1. The smallest absolute Gasteiger partial charge is 0.108 e. The van der Waals surface area contributed by atoms with Crippen LogP contribution in [0.5, 0.6) is 0 Å². The van der Waals surface area contributed by atoms with E-state index in [2.05, 4.69) is 42.6 Å². The van der Waals surface area contributed by atoms with Crippen LogP contribution in [0.25, 0.3) is 0 Å². The van der Waals surface area contributed by atoms with E-state index in [0.29, 0.717) is 5.92 Å². The van der Waals surface area contributed by atoms with E-state index in [1.165, 1.54) is 19.3 Å². The van der Waals surface area contributed by atoms with Gasteiger partial charge < -0.3 is 5.32 Å². The lowest BCUT2D eigenvalue weighted by atomic mass is 9.74. The number of rotatable bonds is 12. The monoisotopic (exact) mass is 424 g/mol. The lowest BCUT2D eigenvalue weighted by Gasteiger charge is -2.28. The maximum absolute atomic E-state index is 10.3. The van der Waals surface area contributed by atoms with E-state index in [-0.39, 0.29) is 0 Å². The van der Waals surface area contributed by atoms with Crippen molar-refractivity contribution in [1.29, 1.82) is 5.26 Å². The Morgan fingerprint density at radius 1 is 1.07 bits per heavy atom. The number of hydrogen-bond acceptors (Lipinski definition) is 4. The van der Waals surface area contributed by atoms with Crippen molar-refractivity contribution in [1.82, 2.24) is 5.32 Å². The molecule has 0 saturated heterocycles. The Balaban J connectivity index is 2.07. The molecule has 0 aromatic heterocycles. The van der Waals surface area contributed by atoms with Crippen LogP contribution in [0.15, 0.2) is 60.7 Å². The van der Waals surface area contributed by atoms with Crippen molar-refractivity contribution >= 4 is 28.2 Å². The molecule has 29 heavy (non-hydrogen) atoms. The molecule has 2 aromatic rings. The van der Waals surface area contributed by atoms with E-state index in [4.69, 9.17) is 12.2 Å². The fourth-order valence-electron chi connectivity index (χ4n) is 3.80. The van der Waals surface area contributed by atoms with Crippen LogP contribution < -0.4 is 5.32 Å². The van der Waals surface area contributed by atoms with Crippen molar-refractivity contribution in [3.63, 3.8) is 0 Å². The van der Waals surface area contributed by atoms with Crippen molar-refractivity contribution < 1.29 is 0 Å². The van der Waals surface area contributed by atoms with E-state index >= 15 is 0 Å². The number of hydrogen-bond donors (Lipinski definition) is 1. The van der Waals surface area contributed by atoms with Gasteiger partial charge in [0.25, 0.3) is 0 Å². The molecule has 0 amide bonds. The summed E-state index contributed by atoms with van der Waals surface area (Å²) in [6, 6.07) is 23.0. The summed E-state index contributed by atoms with van der Waals surface area (Å²) in [5, 5.41) is 13.5. The molecule has 154 valence electrons. The number of nitrogens with zero attached hydrogens (tertiary/aromatic N) is 1. The van der Waals surface area contributed by atoms with Gasteiger partial charge >= 0.3 is 0 Å². The van der Waals surface area contributed by atoms with E-state index in [1.54, 1.807) is 11.8 Å². The van der Waals surface area contributed by atoms with Gasteiger partial charge in [-0.25, -0.2) is 0 Å². The molecular formula is C25H32N2S2. The van der Waals surface area contributed by atoms with Gasteiger partial charge in [-0.3, -0.25) is 0 Å². The Bertz CT molecular complexity index is 729. The zero-order chi connectivity index (χ0) is 21.0. The second-order valence-corrected chi connectivity index (χ2v) is 9.41. The second kappa shape index (κ2) is 12.8. The summed E-state index contributed by atoms with van der Waals surface area (Å²) >= 11 is 7.47. The molecule has 4 heteroatoms. The molecule has 0 fully saturated rings. The molecule has 2 nitrogen and oxygen atoms in total. The molecule has 0 radical (unpaired) electrons. The molecule has 0 aliphatic carbocycles. The van der Waals surface area contributed by atoms with E-state index < -0.39 is 5.41 Å². The van der Waals surface area contributed by atoms with E-state index in [9.17, 15) is 5.26 Å². The van der Waals surface area contributed by atoms with E-state index in [0.717, 1.165) is 40.5 Å². The van der Waals surface area contributed by atoms with Crippen molar-refractivity contribution in [2.45, 2.75) is 44.4 Å². The van der Waals surface area contributed by atoms with Gasteiger partial charge in [-0.05, 0) is 49.9 Å². The molecule has 0 aliphatic rings. The van der Waals surface area contributed by atoms with Gasteiger partial charge in [-0.2, -0.15) is 5.26 Å². The number of benzene rings is 2. The zero-order valence-corrected chi connectivity index (χ0v) is 19.2. The van der Waals surface area contributed by atoms with Crippen molar-refractivity contribution in [3.8, 4) is 6.07 Å². The number of thiocarbonyl (C=S) groups is 1. The Kier molecular flexibility index (Phi) is 10.4. The number of thioether (sulfide) groups is 1. The Morgan fingerprint density at radius 3 is 2.14 bits per heavy atom. The molecule has 2 aromatic carbocycles. The normalized spacial score (nSPS) is 12.3. The van der Waals surface area contributed by atoms with Crippen molar-refractivity contribution in [2.24, 2.45) is 5.92 Å². The van der Waals surface area contributed by atoms with Gasteiger partial charge in [0.1, 0.15) is 5.41 Å². The zero-order valence-electron chi connectivity index (χ0n) is 17.6. The highest BCUT2D eigenvalue weighted by molar-refractivity contribution is 8.23. The fourth-order valence-corrected chi connectivity index (χ4v) is 5.28. The minimum Gasteiger partial charge on any atom is -0.320 e. The molecule has 1 unspecified atom stereocenters. The minimum atomic E-state index is -0.639. The molecule has 1 N–H and O–H groups in total. The summed E-state index contributed by atoms with van der Waals surface area (Å²) in [5.41, 5.74) is 1.47. The summed E-state index contributed by atoms with van der Waals surface area (Å²) in [7, 11) is 2.00. The fraction of sp³-hybridized carbons (Fsp3) is 0.440. The molecule has 0 aliphatic heterocycles. The van der Waals surface area contributed by atoms with Crippen LogP contribution in [0.3, 0.4) is 0 Å². The highest BCUT2D eigenvalue weighted by atomic mass is 32.2. The van der Waals surface area contributed by atoms with Gasteiger partial charge in [-0.1, -0.05) is 92.6 Å². The van der Waals surface area contributed by atoms with Crippen LogP contribution in [-0.2, 0) is 5.41 Å². The van der Waals surface area contributed by atoms with Crippen LogP contribution in [-0.4, -0.2) is 23.5 Å². The van der Waals surface area contributed by atoms with Crippen LogP contribution in [0.1, 0.15) is 50.2 Å². The lowest BCUT2D eigenvalue weighted by molar-refractivity contribution is 0.455. The Hall–Kier alpha value is -1.67. The average Bonchev–Trinajstić information content (AvgIpc) is 2.76. The molecule has 2 rings (SSSR count). The van der Waals surface area contributed by atoms with Crippen LogP contribution in [0, 0.1) is 17.2 Å². The largest absolute Gasteiger partial charge is 0.320 e. The van der Waals surface area contributed by atoms with Crippen LogP contribution >= 0.6 is 24.0 Å². The summed E-state index contributed by atoms with van der Waals surface area (Å²) in [4.78, 5) is 0. The first-order valence-corrected chi connectivity index (χ1v) is 11.9. The third-order valence-electron chi connectivity index (χ3n) is 5.42. The first-order valence-electron chi connectivity index (χ1n) is 10.5. The van der Waals surface area contributed by atoms with Gasteiger partial charge in [0, 0.05) is 9.95 Å². The van der Waals surface area contributed by atoms with Gasteiger partial charge in [0.15, 0.2) is 0 Å². The average molecular weight is 425 g/mol. The topological polar surface area (TPSA) is 35.8 Å². The van der Waals surface area contributed by atoms with Crippen LogP contribution in [0.4, 0.5) is 0 Å². The molecule has 0 bridgehead atoms. The van der Waals surface area contributed by atoms with Gasteiger partial charge in [-0.15, -0.1) is 11.8 Å². The maximum atomic E-state index is 10.3.